The van der Waals surface area contributed by atoms with Gasteiger partial charge in [-0.05, 0) is 67.5 Å². The smallest absolute Gasteiger partial charge is 0.256 e. The number of thioether (sulfide) groups is 1. The quantitative estimate of drug-likeness (QED) is 0.565. The highest BCUT2D eigenvalue weighted by Gasteiger charge is 2.28. The second-order valence-electron chi connectivity index (χ2n) is 8.60. The molecule has 0 radical (unpaired) electrons. The molecule has 2 fully saturated rings. The first kappa shape index (κ1) is 20.4. The van der Waals surface area contributed by atoms with E-state index < -0.39 is 0 Å². The third-order valence-corrected chi connectivity index (χ3v) is 8.08. The van der Waals surface area contributed by atoms with Gasteiger partial charge in [-0.25, -0.2) is 4.98 Å². The Bertz CT molecular complexity index is 1070. The SMILES string of the molecule is COc1ccc2[nH]cc(C3CCN(C(=O)c4cccnc4SC4CCCC4)CC3)c2c1. The van der Waals surface area contributed by atoms with Crippen molar-refractivity contribution in [3.63, 3.8) is 0 Å². The molecule has 0 unspecified atom stereocenters. The summed E-state index contributed by atoms with van der Waals surface area (Å²) in [4.78, 5) is 23.3. The molecule has 1 aliphatic heterocycles. The Labute approximate surface area is 187 Å². The van der Waals surface area contributed by atoms with Crippen molar-refractivity contribution in [2.75, 3.05) is 20.2 Å². The molecule has 1 aliphatic carbocycles. The van der Waals surface area contributed by atoms with Gasteiger partial charge in [0.05, 0.1) is 12.7 Å². The molecule has 1 saturated carbocycles. The van der Waals surface area contributed by atoms with Crippen molar-refractivity contribution in [3.05, 3.63) is 53.9 Å². The number of hydrogen-bond acceptors (Lipinski definition) is 4. The monoisotopic (exact) mass is 435 g/mol. The average Bonchev–Trinajstić information content (AvgIpc) is 3.48. The Kier molecular flexibility index (Phi) is 5.90. The van der Waals surface area contributed by atoms with E-state index in [2.05, 4.69) is 28.3 Å². The topological polar surface area (TPSA) is 58.2 Å². The van der Waals surface area contributed by atoms with Crippen molar-refractivity contribution in [2.45, 2.75) is 54.7 Å². The standard InChI is InChI=1S/C25H29N3O2S/c1-30-18-8-9-23-21(15-18)22(16-27-23)17-10-13-28(14-11-17)25(29)20-7-4-12-26-24(20)31-19-5-2-3-6-19/h4,7-9,12,15-17,19,27H,2-3,5-6,10-11,13-14H2,1H3. The second kappa shape index (κ2) is 8.95. The average molecular weight is 436 g/mol. The lowest BCUT2D eigenvalue weighted by molar-refractivity contribution is 0.0709. The summed E-state index contributed by atoms with van der Waals surface area (Å²) in [5, 5.41) is 2.74. The molecule has 1 aromatic carbocycles. The fraction of sp³-hybridized carbons (Fsp3) is 0.440. The molecule has 3 heterocycles. The second-order valence-corrected chi connectivity index (χ2v) is 9.89. The summed E-state index contributed by atoms with van der Waals surface area (Å²) in [5.41, 5.74) is 3.24. The predicted molar refractivity (Wildman–Crippen MR) is 125 cm³/mol. The fourth-order valence-corrected chi connectivity index (χ4v) is 6.25. The van der Waals surface area contributed by atoms with Crippen LogP contribution in [0.5, 0.6) is 5.75 Å². The number of piperidine rings is 1. The van der Waals surface area contributed by atoms with E-state index in [1.807, 2.05) is 29.3 Å². The maximum absolute atomic E-state index is 13.3. The number of aromatic amines is 1. The molecule has 0 bridgehead atoms. The minimum atomic E-state index is 0.132. The third kappa shape index (κ3) is 4.18. The van der Waals surface area contributed by atoms with Crippen LogP contribution >= 0.6 is 11.8 Å². The molecular formula is C25H29N3O2S. The van der Waals surface area contributed by atoms with Gasteiger partial charge in [0.15, 0.2) is 0 Å². The molecular weight excluding hydrogens is 406 g/mol. The van der Waals surface area contributed by atoms with Crippen LogP contribution in [-0.4, -0.2) is 46.2 Å². The lowest BCUT2D eigenvalue weighted by atomic mass is 9.89. The van der Waals surface area contributed by atoms with E-state index in [1.165, 1.54) is 36.6 Å². The Morgan fingerprint density at radius 2 is 1.97 bits per heavy atom. The largest absolute Gasteiger partial charge is 0.497 e. The summed E-state index contributed by atoms with van der Waals surface area (Å²) in [7, 11) is 1.70. The zero-order chi connectivity index (χ0) is 21.2. The van der Waals surface area contributed by atoms with E-state index in [0.717, 1.165) is 47.8 Å². The van der Waals surface area contributed by atoms with Crippen molar-refractivity contribution in [3.8, 4) is 5.75 Å². The van der Waals surface area contributed by atoms with E-state index >= 15 is 0 Å². The van der Waals surface area contributed by atoms with Gasteiger partial charge in [0.1, 0.15) is 10.8 Å². The van der Waals surface area contributed by atoms with Gasteiger partial charge in [0, 0.05) is 41.6 Å². The molecule has 1 amide bonds. The molecule has 3 aromatic rings. The van der Waals surface area contributed by atoms with E-state index in [0.29, 0.717) is 11.2 Å². The van der Waals surface area contributed by atoms with Crippen LogP contribution in [0.25, 0.3) is 10.9 Å². The number of pyridine rings is 1. The first-order chi connectivity index (χ1) is 15.2. The first-order valence-electron chi connectivity index (χ1n) is 11.3. The highest BCUT2D eigenvalue weighted by atomic mass is 32.2. The minimum Gasteiger partial charge on any atom is -0.497 e. The van der Waals surface area contributed by atoms with Crippen molar-refractivity contribution < 1.29 is 9.53 Å². The maximum atomic E-state index is 13.3. The number of rotatable bonds is 5. The number of carbonyl (C=O) groups is 1. The lowest BCUT2D eigenvalue weighted by Crippen LogP contribution is -2.38. The summed E-state index contributed by atoms with van der Waals surface area (Å²) in [6.45, 7) is 1.56. The van der Waals surface area contributed by atoms with E-state index in [4.69, 9.17) is 4.74 Å². The van der Waals surface area contributed by atoms with Crippen molar-refractivity contribution in [1.29, 1.82) is 0 Å². The Morgan fingerprint density at radius 3 is 2.74 bits per heavy atom. The molecule has 0 atom stereocenters. The number of carbonyl (C=O) groups excluding carboxylic acids is 1. The number of H-pyrrole nitrogens is 1. The van der Waals surface area contributed by atoms with Gasteiger partial charge in [-0.3, -0.25) is 4.79 Å². The molecule has 0 spiro atoms. The molecule has 1 N–H and O–H groups in total. The number of amides is 1. The summed E-state index contributed by atoms with van der Waals surface area (Å²) < 4.78 is 5.42. The van der Waals surface area contributed by atoms with E-state index in [9.17, 15) is 4.79 Å². The summed E-state index contributed by atoms with van der Waals surface area (Å²) in [6.07, 6.45) is 10.9. The number of nitrogens with zero attached hydrogens (tertiary/aromatic N) is 2. The number of ether oxygens (including phenoxy) is 1. The Balaban J connectivity index is 1.28. The first-order valence-corrected chi connectivity index (χ1v) is 12.2. The van der Waals surface area contributed by atoms with Crippen LogP contribution in [0, 0.1) is 0 Å². The summed E-state index contributed by atoms with van der Waals surface area (Å²) >= 11 is 1.80. The van der Waals surface area contributed by atoms with Gasteiger partial charge in [-0.1, -0.05) is 12.8 Å². The Hall–Kier alpha value is -2.47. The van der Waals surface area contributed by atoms with Crippen molar-refractivity contribution in [1.82, 2.24) is 14.9 Å². The van der Waals surface area contributed by atoms with Crippen LogP contribution in [-0.2, 0) is 0 Å². The normalized spacial score (nSPS) is 18.0. The number of hydrogen-bond donors (Lipinski definition) is 1. The molecule has 6 heteroatoms. The molecule has 5 nitrogen and oxygen atoms in total. The van der Waals surface area contributed by atoms with Gasteiger partial charge < -0.3 is 14.6 Å². The number of methoxy groups -OCH3 is 1. The van der Waals surface area contributed by atoms with Crippen LogP contribution in [0.2, 0.25) is 0 Å². The maximum Gasteiger partial charge on any atom is 0.256 e. The minimum absolute atomic E-state index is 0.132. The predicted octanol–water partition coefficient (Wildman–Crippen LogP) is 5.63. The summed E-state index contributed by atoms with van der Waals surface area (Å²) in [6, 6.07) is 10.0. The van der Waals surface area contributed by atoms with Crippen LogP contribution in [0.3, 0.4) is 0 Å². The molecule has 162 valence electrons. The molecule has 31 heavy (non-hydrogen) atoms. The Morgan fingerprint density at radius 1 is 1.16 bits per heavy atom. The van der Waals surface area contributed by atoms with E-state index in [1.54, 1.807) is 18.9 Å². The van der Waals surface area contributed by atoms with Gasteiger partial charge in [-0.2, -0.15) is 0 Å². The van der Waals surface area contributed by atoms with E-state index in [-0.39, 0.29) is 5.91 Å². The third-order valence-electron chi connectivity index (χ3n) is 6.72. The van der Waals surface area contributed by atoms with Crippen molar-refractivity contribution in [2.24, 2.45) is 0 Å². The summed E-state index contributed by atoms with van der Waals surface area (Å²) in [5.74, 6) is 1.46. The van der Waals surface area contributed by atoms with Crippen LogP contribution < -0.4 is 4.74 Å². The highest BCUT2D eigenvalue weighted by Crippen LogP contribution is 2.37. The van der Waals surface area contributed by atoms with Crippen LogP contribution in [0.1, 0.15) is 60.4 Å². The van der Waals surface area contributed by atoms with Gasteiger partial charge in [0.2, 0.25) is 0 Å². The lowest BCUT2D eigenvalue weighted by Gasteiger charge is -2.32. The van der Waals surface area contributed by atoms with Gasteiger partial charge in [0.25, 0.3) is 5.91 Å². The van der Waals surface area contributed by atoms with Gasteiger partial charge in [-0.15, -0.1) is 11.8 Å². The molecule has 2 aromatic heterocycles. The molecule has 1 saturated heterocycles. The number of likely N-dealkylation sites (tertiary alicyclic amines) is 1. The fourth-order valence-electron chi connectivity index (χ4n) is 4.96. The zero-order valence-corrected chi connectivity index (χ0v) is 18.8. The highest BCUT2D eigenvalue weighted by molar-refractivity contribution is 7.99. The van der Waals surface area contributed by atoms with Crippen molar-refractivity contribution >= 4 is 28.6 Å². The number of benzene rings is 1. The number of nitrogens with one attached hydrogen (secondary N) is 1. The van der Waals surface area contributed by atoms with Crippen LogP contribution in [0.4, 0.5) is 0 Å². The molecule has 5 rings (SSSR count). The zero-order valence-electron chi connectivity index (χ0n) is 18.0. The molecule has 2 aliphatic rings. The number of fused-ring (bicyclic) bond motifs is 1. The van der Waals surface area contributed by atoms with Gasteiger partial charge >= 0.3 is 0 Å². The van der Waals surface area contributed by atoms with Crippen LogP contribution in [0.15, 0.2) is 47.8 Å². The number of aromatic nitrogens is 2.